The van der Waals surface area contributed by atoms with Crippen molar-refractivity contribution in [3.8, 4) is 0 Å². The highest BCUT2D eigenvalue weighted by molar-refractivity contribution is 5.72. The minimum atomic E-state index is 0.847. The fraction of sp³-hybridized carbons (Fsp3) is 0.773. The molecule has 0 saturated heterocycles. The van der Waals surface area contributed by atoms with Crippen molar-refractivity contribution in [2.45, 2.75) is 108 Å². The van der Waals surface area contributed by atoms with E-state index in [0.29, 0.717) is 0 Å². The maximum Gasteiger partial charge on any atom is 0.0300 e. The predicted molar refractivity (Wildman–Crippen MR) is 114 cm³/mol. The Balaban J connectivity index is -0.000000124. The molecule has 0 aliphatic carbocycles. The highest BCUT2D eigenvalue weighted by atomic mass is 14.7. The standard InChI is InChI=1S/C9H15N.C8H18.C3H8.C2H6/c1-5-9(4)6-7-10-8(2)3;1-4-5-6-7-8(2)3;1-3-2;1-2/h6-7H,2,5H2,1,3-4H3;8H,4-7H2,1-3H3;3H2,1-2H3;1-2H3/b9-6+,10-7?;;;. The summed E-state index contributed by atoms with van der Waals surface area (Å²) in [4.78, 5) is 4.02. The highest BCUT2D eigenvalue weighted by Gasteiger charge is 1.90. The largest absolute Gasteiger partial charge is 0.262 e. The Bertz CT molecular complexity index is 259. The monoisotopic (exact) mass is 325 g/mol. The van der Waals surface area contributed by atoms with Crippen molar-refractivity contribution in [3.63, 3.8) is 0 Å². The van der Waals surface area contributed by atoms with Gasteiger partial charge in [-0.25, -0.2) is 0 Å². The van der Waals surface area contributed by atoms with Crippen molar-refractivity contribution in [2.24, 2.45) is 10.9 Å². The average molecular weight is 326 g/mol. The van der Waals surface area contributed by atoms with Crippen molar-refractivity contribution in [1.82, 2.24) is 0 Å². The lowest BCUT2D eigenvalue weighted by atomic mass is 10.1. The smallest absolute Gasteiger partial charge is 0.0300 e. The van der Waals surface area contributed by atoms with Gasteiger partial charge < -0.3 is 0 Å². The van der Waals surface area contributed by atoms with Crippen LogP contribution in [0.1, 0.15) is 108 Å². The quantitative estimate of drug-likeness (QED) is 0.328. The number of hydrogen-bond donors (Lipinski definition) is 0. The van der Waals surface area contributed by atoms with Gasteiger partial charge in [0, 0.05) is 11.9 Å². The minimum absolute atomic E-state index is 0.847. The molecule has 0 aliphatic rings. The molecule has 1 heteroatoms. The summed E-state index contributed by atoms with van der Waals surface area (Å²) in [7, 11) is 0. The first-order chi connectivity index (χ1) is 10.8. The molecule has 0 rings (SSSR count). The zero-order chi connectivity index (χ0) is 19.1. The zero-order valence-corrected chi connectivity index (χ0v) is 18.1. The van der Waals surface area contributed by atoms with Gasteiger partial charge in [0.25, 0.3) is 0 Å². The van der Waals surface area contributed by atoms with Crippen LogP contribution in [-0.4, -0.2) is 6.21 Å². The molecular formula is C22H47N. The molecule has 1 nitrogen and oxygen atoms in total. The summed E-state index contributed by atoms with van der Waals surface area (Å²) in [5, 5.41) is 0. The topological polar surface area (TPSA) is 12.4 Å². The summed E-state index contributed by atoms with van der Waals surface area (Å²) in [6, 6.07) is 0. The van der Waals surface area contributed by atoms with E-state index in [1.165, 1.54) is 37.7 Å². The number of allylic oxidation sites excluding steroid dienone is 3. The van der Waals surface area contributed by atoms with E-state index in [9.17, 15) is 0 Å². The summed E-state index contributed by atoms with van der Waals surface area (Å²) < 4.78 is 0. The molecule has 0 fully saturated rings. The van der Waals surface area contributed by atoms with Crippen LogP contribution in [0.25, 0.3) is 0 Å². The zero-order valence-electron chi connectivity index (χ0n) is 18.1. The average Bonchev–Trinajstić information content (AvgIpc) is 2.50. The maximum absolute atomic E-state index is 4.02. The van der Waals surface area contributed by atoms with Gasteiger partial charge in [0.15, 0.2) is 0 Å². The van der Waals surface area contributed by atoms with Crippen molar-refractivity contribution >= 4 is 6.21 Å². The molecule has 0 aromatic rings. The Morgan fingerprint density at radius 1 is 1.00 bits per heavy atom. The molecule has 0 aromatic carbocycles. The second kappa shape index (κ2) is 29.2. The Labute approximate surface area is 149 Å². The van der Waals surface area contributed by atoms with Gasteiger partial charge in [-0.3, -0.25) is 4.99 Å². The first-order valence-electron chi connectivity index (χ1n) is 9.70. The van der Waals surface area contributed by atoms with Crippen LogP contribution >= 0.6 is 0 Å². The van der Waals surface area contributed by atoms with Gasteiger partial charge in [0.05, 0.1) is 0 Å². The van der Waals surface area contributed by atoms with E-state index in [1.807, 2.05) is 26.8 Å². The summed E-state index contributed by atoms with van der Waals surface area (Å²) >= 11 is 0. The number of hydrogen-bond acceptors (Lipinski definition) is 1. The fourth-order valence-corrected chi connectivity index (χ4v) is 1.21. The van der Waals surface area contributed by atoms with Crippen LogP contribution in [0.5, 0.6) is 0 Å². The lowest BCUT2D eigenvalue weighted by Gasteiger charge is -2.00. The van der Waals surface area contributed by atoms with E-state index < -0.39 is 0 Å². The van der Waals surface area contributed by atoms with Crippen LogP contribution in [0.2, 0.25) is 0 Å². The third-order valence-corrected chi connectivity index (χ3v) is 2.60. The normalized spacial score (nSPS) is 10.1. The van der Waals surface area contributed by atoms with Gasteiger partial charge in [0.1, 0.15) is 0 Å². The van der Waals surface area contributed by atoms with E-state index in [0.717, 1.165) is 18.0 Å². The molecule has 0 radical (unpaired) electrons. The van der Waals surface area contributed by atoms with Crippen molar-refractivity contribution in [3.05, 3.63) is 23.9 Å². The van der Waals surface area contributed by atoms with Crippen LogP contribution in [0.15, 0.2) is 28.9 Å². The van der Waals surface area contributed by atoms with E-state index in [1.54, 1.807) is 6.21 Å². The molecule has 0 heterocycles. The molecular weight excluding hydrogens is 278 g/mol. The lowest BCUT2D eigenvalue weighted by Crippen LogP contribution is -1.85. The van der Waals surface area contributed by atoms with E-state index >= 15 is 0 Å². The molecule has 0 aromatic heterocycles. The Kier molecular flexibility index (Phi) is 38.2. The van der Waals surface area contributed by atoms with E-state index in [4.69, 9.17) is 0 Å². The van der Waals surface area contributed by atoms with Gasteiger partial charge in [0.2, 0.25) is 0 Å². The Morgan fingerprint density at radius 2 is 1.48 bits per heavy atom. The van der Waals surface area contributed by atoms with Gasteiger partial charge in [-0.2, -0.15) is 0 Å². The molecule has 0 N–H and O–H groups in total. The first-order valence-corrected chi connectivity index (χ1v) is 9.70. The maximum atomic E-state index is 4.02. The SMILES string of the molecule is C=C(C)N=C/C=C(\C)CC.CC.CCC.CCCCCC(C)C. The van der Waals surface area contributed by atoms with Crippen LogP contribution in [-0.2, 0) is 0 Å². The molecule has 0 unspecified atom stereocenters. The second-order valence-corrected chi connectivity index (χ2v) is 5.98. The molecule has 0 aliphatic heterocycles. The summed E-state index contributed by atoms with van der Waals surface area (Å²) in [5.74, 6) is 0.904. The third-order valence-electron chi connectivity index (χ3n) is 2.60. The van der Waals surface area contributed by atoms with Gasteiger partial charge in [-0.15, -0.1) is 0 Å². The number of aliphatic imine (C=N–C) groups is 1. The predicted octanol–water partition coefficient (Wildman–Crippen LogP) is 8.61. The minimum Gasteiger partial charge on any atom is -0.262 e. The summed E-state index contributed by atoms with van der Waals surface area (Å²) in [5.41, 5.74) is 2.19. The molecule has 140 valence electrons. The van der Waals surface area contributed by atoms with E-state index in [2.05, 4.69) is 60.0 Å². The van der Waals surface area contributed by atoms with Gasteiger partial charge >= 0.3 is 0 Å². The Hall–Kier alpha value is -0.850. The number of unbranched alkanes of at least 4 members (excludes halogenated alkanes) is 2. The molecule has 0 atom stereocenters. The molecule has 0 bridgehead atoms. The van der Waals surface area contributed by atoms with Crippen molar-refractivity contribution in [2.75, 3.05) is 0 Å². The molecule has 23 heavy (non-hydrogen) atoms. The van der Waals surface area contributed by atoms with Crippen LogP contribution in [0.3, 0.4) is 0 Å². The fourth-order valence-electron chi connectivity index (χ4n) is 1.21. The number of nitrogens with zero attached hydrogens (tertiary/aromatic N) is 1. The highest BCUT2D eigenvalue weighted by Crippen LogP contribution is 2.06. The first kappa shape index (κ1) is 30.1. The lowest BCUT2D eigenvalue weighted by molar-refractivity contribution is 0.534. The van der Waals surface area contributed by atoms with Crippen molar-refractivity contribution < 1.29 is 0 Å². The van der Waals surface area contributed by atoms with E-state index in [-0.39, 0.29) is 0 Å². The Morgan fingerprint density at radius 3 is 1.78 bits per heavy atom. The summed E-state index contributed by atoms with van der Waals surface area (Å²) in [6.07, 6.45) is 11.7. The molecule has 0 amide bonds. The second-order valence-electron chi connectivity index (χ2n) is 5.98. The number of rotatable bonds is 7. The van der Waals surface area contributed by atoms with Gasteiger partial charge in [-0.1, -0.05) is 99.6 Å². The third kappa shape index (κ3) is 52.5. The molecule has 0 saturated carbocycles. The van der Waals surface area contributed by atoms with Crippen molar-refractivity contribution in [1.29, 1.82) is 0 Å². The van der Waals surface area contributed by atoms with Crippen LogP contribution < -0.4 is 0 Å². The van der Waals surface area contributed by atoms with Crippen LogP contribution in [0.4, 0.5) is 0 Å². The molecule has 0 spiro atoms. The van der Waals surface area contributed by atoms with Crippen LogP contribution in [0, 0.1) is 5.92 Å². The van der Waals surface area contributed by atoms with Gasteiger partial charge in [-0.05, 0) is 32.3 Å². The summed E-state index contributed by atoms with van der Waals surface area (Å²) in [6.45, 7) is 24.8.